The normalized spacial score (nSPS) is 19.6. The summed E-state index contributed by atoms with van der Waals surface area (Å²) in [5, 5.41) is 0. The zero-order chi connectivity index (χ0) is 10.9. The van der Waals surface area contributed by atoms with Crippen molar-refractivity contribution in [1.82, 2.24) is 4.90 Å². The van der Waals surface area contributed by atoms with E-state index >= 15 is 0 Å². The van der Waals surface area contributed by atoms with Crippen LogP contribution < -0.4 is 5.73 Å². The second kappa shape index (κ2) is 8.39. The van der Waals surface area contributed by atoms with E-state index in [1.54, 1.807) is 0 Å². The van der Waals surface area contributed by atoms with Crippen LogP contribution in [0.5, 0.6) is 0 Å². The van der Waals surface area contributed by atoms with Gasteiger partial charge in [-0.3, -0.25) is 4.90 Å². The standard InChI is InChI=1S/C11H24N2OS/c1-15-10-13-6-3-11(4-7-13)9-14-8-2-5-12/h11H,2-10,12H2,1H3. The minimum atomic E-state index is 0.742. The lowest BCUT2D eigenvalue weighted by molar-refractivity contribution is 0.0706. The maximum absolute atomic E-state index is 5.61. The Kier molecular flexibility index (Phi) is 7.44. The van der Waals surface area contributed by atoms with Gasteiger partial charge in [0.05, 0.1) is 0 Å². The van der Waals surface area contributed by atoms with E-state index in [9.17, 15) is 0 Å². The van der Waals surface area contributed by atoms with Gasteiger partial charge in [-0.15, -0.1) is 11.8 Å². The fraction of sp³-hybridized carbons (Fsp3) is 1.00. The predicted octanol–water partition coefficient (Wildman–Crippen LogP) is 1.38. The van der Waals surface area contributed by atoms with E-state index in [1.807, 2.05) is 11.8 Å². The highest BCUT2D eigenvalue weighted by molar-refractivity contribution is 7.98. The SMILES string of the molecule is CSCN1CCC(COCCCN)CC1. The van der Waals surface area contributed by atoms with Crippen molar-refractivity contribution in [2.45, 2.75) is 19.3 Å². The van der Waals surface area contributed by atoms with E-state index in [1.165, 1.54) is 31.8 Å². The average molecular weight is 232 g/mol. The summed E-state index contributed by atoms with van der Waals surface area (Å²) in [6, 6.07) is 0. The second-order valence-electron chi connectivity index (χ2n) is 4.20. The zero-order valence-electron chi connectivity index (χ0n) is 9.78. The topological polar surface area (TPSA) is 38.5 Å². The summed E-state index contributed by atoms with van der Waals surface area (Å²) >= 11 is 1.91. The number of ether oxygens (including phenoxy) is 1. The first-order chi connectivity index (χ1) is 7.36. The molecule has 0 aromatic rings. The van der Waals surface area contributed by atoms with Gasteiger partial charge in [-0.2, -0.15) is 0 Å². The third kappa shape index (κ3) is 5.76. The van der Waals surface area contributed by atoms with Gasteiger partial charge in [-0.05, 0) is 51.1 Å². The van der Waals surface area contributed by atoms with Gasteiger partial charge in [0.15, 0.2) is 0 Å². The third-order valence-electron chi connectivity index (χ3n) is 2.87. The molecule has 0 atom stereocenters. The highest BCUT2D eigenvalue weighted by Crippen LogP contribution is 2.18. The summed E-state index contributed by atoms with van der Waals surface area (Å²) in [5.74, 6) is 1.96. The van der Waals surface area contributed by atoms with Gasteiger partial charge in [0, 0.05) is 19.1 Å². The van der Waals surface area contributed by atoms with E-state index < -0.39 is 0 Å². The van der Waals surface area contributed by atoms with Crippen LogP contribution in [0.2, 0.25) is 0 Å². The van der Waals surface area contributed by atoms with Crippen molar-refractivity contribution in [3.63, 3.8) is 0 Å². The highest BCUT2D eigenvalue weighted by atomic mass is 32.2. The molecule has 0 aromatic heterocycles. The molecule has 1 rings (SSSR count). The Morgan fingerprint density at radius 3 is 2.73 bits per heavy atom. The van der Waals surface area contributed by atoms with Gasteiger partial charge in [0.25, 0.3) is 0 Å². The molecule has 1 saturated heterocycles. The molecule has 0 aliphatic carbocycles. The molecule has 90 valence electrons. The largest absolute Gasteiger partial charge is 0.381 e. The first kappa shape index (κ1) is 13.3. The van der Waals surface area contributed by atoms with E-state index in [0.717, 1.165) is 32.1 Å². The Labute approximate surface area is 97.7 Å². The van der Waals surface area contributed by atoms with Crippen LogP contribution in [0, 0.1) is 5.92 Å². The van der Waals surface area contributed by atoms with Crippen LogP contribution in [0.25, 0.3) is 0 Å². The van der Waals surface area contributed by atoms with Crippen molar-refractivity contribution in [2.75, 3.05) is 45.0 Å². The van der Waals surface area contributed by atoms with Crippen LogP contribution >= 0.6 is 11.8 Å². The summed E-state index contributed by atoms with van der Waals surface area (Å²) in [6.07, 6.45) is 5.75. The van der Waals surface area contributed by atoms with Gasteiger partial charge in [0.2, 0.25) is 0 Å². The summed E-state index contributed by atoms with van der Waals surface area (Å²) in [7, 11) is 0. The quantitative estimate of drug-likeness (QED) is 0.673. The molecule has 1 fully saturated rings. The van der Waals surface area contributed by atoms with Gasteiger partial charge in [-0.25, -0.2) is 0 Å². The monoisotopic (exact) mass is 232 g/mol. The van der Waals surface area contributed by atoms with Crippen molar-refractivity contribution in [2.24, 2.45) is 11.7 Å². The number of nitrogens with two attached hydrogens (primary N) is 1. The van der Waals surface area contributed by atoms with Crippen LogP contribution in [-0.4, -0.2) is 49.9 Å². The second-order valence-corrected chi connectivity index (χ2v) is 5.03. The smallest absolute Gasteiger partial charge is 0.0495 e. The van der Waals surface area contributed by atoms with Crippen molar-refractivity contribution in [3.05, 3.63) is 0 Å². The Morgan fingerprint density at radius 2 is 2.13 bits per heavy atom. The van der Waals surface area contributed by atoms with Gasteiger partial charge >= 0.3 is 0 Å². The maximum Gasteiger partial charge on any atom is 0.0495 e. The lowest BCUT2D eigenvalue weighted by atomic mass is 9.98. The van der Waals surface area contributed by atoms with Crippen LogP contribution in [0.15, 0.2) is 0 Å². The molecule has 1 aliphatic rings. The Balaban J connectivity index is 1.99. The number of nitrogens with zero attached hydrogens (tertiary/aromatic N) is 1. The van der Waals surface area contributed by atoms with Gasteiger partial charge < -0.3 is 10.5 Å². The summed E-state index contributed by atoms with van der Waals surface area (Å²) in [6.45, 7) is 5.00. The van der Waals surface area contributed by atoms with Gasteiger partial charge in [0.1, 0.15) is 0 Å². The molecule has 2 N–H and O–H groups in total. The van der Waals surface area contributed by atoms with Crippen LogP contribution in [0.1, 0.15) is 19.3 Å². The highest BCUT2D eigenvalue weighted by Gasteiger charge is 2.18. The van der Waals surface area contributed by atoms with E-state index in [0.29, 0.717) is 0 Å². The number of likely N-dealkylation sites (tertiary alicyclic amines) is 1. The average Bonchev–Trinajstić information content (AvgIpc) is 2.27. The number of piperidine rings is 1. The first-order valence-corrected chi connectivity index (χ1v) is 7.25. The molecule has 0 aromatic carbocycles. The molecule has 3 nitrogen and oxygen atoms in total. The summed E-state index contributed by atoms with van der Waals surface area (Å²) in [4.78, 5) is 2.53. The minimum absolute atomic E-state index is 0.742. The molecule has 0 unspecified atom stereocenters. The third-order valence-corrected chi connectivity index (χ3v) is 3.49. The molecule has 15 heavy (non-hydrogen) atoms. The fourth-order valence-electron chi connectivity index (χ4n) is 1.90. The van der Waals surface area contributed by atoms with Crippen molar-refractivity contribution in [3.8, 4) is 0 Å². The van der Waals surface area contributed by atoms with Crippen molar-refractivity contribution in [1.29, 1.82) is 0 Å². The molecule has 4 heteroatoms. The van der Waals surface area contributed by atoms with Crippen molar-refractivity contribution >= 4 is 11.8 Å². The van der Waals surface area contributed by atoms with E-state index in [4.69, 9.17) is 10.5 Å². The van der Waals surface area contributed by atoms with E-state index in [-0.39, 0.29) is 0 Å². The fourth-order valence-corrected chi connectivity index (χ4v) is 2.52. The van der Waals surface area contributed by atoms with Crippen molar-refractivity contribution < 1.29 is 4.74 Å². The number of thioether (sulfide) groups is 1. The molecule has 0 radical (unpaired) electrons. The zero-order valence-corrected chi connectivity index (χ0v) is 10.6. The summed E-state index contributed by atoms with van der Waals surface area (Å²) < 4.78 is 5.61. The molecular weight excluding hydrogens is 208 g/mol. The Bertz CT molecular complexity index is 147. The molecule has 1 heterocycles. The van der Waals surface area contributed by atoms with Crippen LogP contribution in [0.4, 0.5) is 0 Å². The molecule has 0 bridgehead atoms. The minimum Gasteiger partial charge on any atom is -0.381 e. The lowest BCUT2D eigenvalue weighted by Gasteiger charge is -2.31. The maximum atomic E-state index is 5.61. The van der Waals surface area contributed by atoms with Crippen LogP contribution in [-0.2, 0) is 4.74 Å². The van der Waals surface area contributed by atoms with E-state index in [2.05, 4.69) is 11.2 Å². The Hall–Kier alpha value is 0.230. The number of hydrogen-bond donors (Lipinski definition) is 1. The van der Waals surface area contributed by atoms with Gasteiger partial charge in [-0.1, -0.05) is 0 Å². The first-order valence-electron chi connectivity index (χ1n) is 5.86. The number of rotatable bonds is 7. The summed E-state index contributed by atoms with van der Waals surface area (Å²) in [5.41, 5.74) is 5.41. The molecule has 0 spiro atoms. The van der Waals surface area contributed by atoms with Crippen LogP contribution in [0.3, 0.4) is 0 Å². The lowest BCUT2D eigenvalue weighted by Crippen LogP contribution is -2.34. The molecule has 1 aliphatic heterocycles. The Morgan fingerprint density at radius 1 is 1.40 bits per heavy atom. The molecule has 0 saturated carbocycles. The molecular formula is C11H24N2OS. The molecule has 0 amide bonds. The predicted molar refractivity (Wildman–Crippen MR) is 67.2 cm³/mol. The number of hydrogen-bond acceptors (Lipinski definition) is 4.